The van der Waals surface area contributed by atoms with Gasteiger partial charge in [0, 0.05) is 12.0 Å². The van der Waals surface area contributed by atoms with Crippen LogP contribution in [0.4, 0.5) is 0 Å². The predicted molar refractivity (Wildman–Crippen MR) is 82.9 cm³/mol. The summed E-state index contributed by atoms with van der Waals surface area (Å²) in [4.78, 5) is 4.25. The van der Waals surface area contributed by atoms with Crippen LogP contribution >= 0.6 is 11.6 Å². The molecular weight excluding hydrogens is 342 g/mol. The average Bonchev–Trinajstić information content (AvgIpc) is 3.26. The molecule has 1 aliphatic carbocycles. The predicted octanol–water partition coefficient (Wildman–Crippen LogP) is 2.48. The summed E-state index contributed by atoms with van der Waals surface area (Å²) in [6.45, 7) is 2.15. The fourth-order valence-corrected chi connectivity index (χ4v) is 3.16. The van der Waals surface area contributed by atoms with Gasteiger partial charge < -0.3 is 9.26 Å². The Morgan fingerprint density at radius 3 is 2.91 bits per heavy atom. The zero-order chi connectivity index (χ0) is 16.4. The first-order valence-electron chi connectivity index (χ1n) is 7.24. The monoisotopic (exact) mass is 357 g/mol. The number of sulfonamides is 1. The first-order chi connectivity index (χ1) is 11.0. The summed E-state index contributed by atoms with van der Waals surface area (Å²) in [5.74, 6) is 1.55. The Balaban J connectivity index is 1.71. The van der Waals surface area contributed by atoms with Gasteiger partial charge in [0.2, 0.25) is 15.9 Å². The third kappa shape index (κ3) is 3.82. The van der Waals surface area contributed by atoms with Crippen LogP contribution in [0.25, 0.3) is 0 Å². The van der Waals surface area contributed by atoms with Crippen molar-refractivity contribution in [3.8, 4) is 5.75 Å². The van der Waals surface area contributed by atoms with Crippen molar-refractivity contribution in [2.45, 2.75) is 37.1 Å². The van der Waals surface area contributed by atoms with Crippen LogP contribution in [0.3, 0.4) is 0 Å². The molecule has 0 unspecified atom stereocenters. The van der Waals surface area contributed by atoms with E-state index in [1.165, 1.54) is 18.2 Å². The zero-order valence-corrected chi connectivity index (χ0v) is 14.0. The van der Waals surface area contributed by atoms with Crippen LogP contribution in [-0.4, -0.2) is 25.2 Å². The fraction of sp³-hybridized carbons (Fsp3) is 0.429. The highest BCUT2D eigenvalue weighted by molar-refractivity contribution is 7.89. The van der Waals surface area contributed by atoms with Gasteiger partial charge in [-0.25, -0.2) is 13.1 Å². The van der Waals surface area contributed by atoms with Gasteiger partial charge in [0.1, 0.15) is 5.75 Å². The molecule has 0 radical (unpaired) electrons. The molecule has 0 atom stereocenters. The number of nitrogens with zero attached hydrogens (tertiary/aromatic N) is 2. The molecular formula is C14H16ClN3O4S. The van der Waals surface area contributed by atoms with Crippen LogP contribution in [0, 0.1) is 0 Å². The summed E-state index contributed by atoms with van der Waals surface area (Å²) in [5, 5.41) is 4.14. The van der Waals surface area contributed by atoms with Gasteiger partial charge in [-0.05, 0) is 31.9 Å². The number of halogens is 1. The molecule has 1 aromatic heterocycles. The number of hydrogen-bond acceptors (Lipinski definition) is 6. The van der Waals surface area contributed by atoms with Crippen LogP contribution in [0.15, 0.2) is 27.6 Å². The maximum absolute atomic E-state index is 12.3. The molecule has 7 nitrogen and oxygen atoms in total. The van der Waals surface area contributed by atoms with Crippen LogP contribution in [-0.2, 0) is 16.6 Å². The minimum Gasteiger partial charge on any atom is -0.492 e. The Morgan fingerprint density at radius 2 is 2.22 bits per heavy atom. The number of nitrogens with one attached hydrogen (secondary N) is 1. The molecule has 2 aromatic rings. The molecule has 9 heteroatoms. The number of rotatable bonds is 7. The van der Waals surface area contributed by atoms with E-state index in [9.17, 15) is 8.42 Å². The molecule has 0 bridgehead atoms. The Morgan fingerprint density at radius 1 is 1.43 bits per heavy atom. The van der Waals surface area contributed by atoms with Crippen molar-refractivity contribution in [2.24, 2.45) is 0 Å². The molecule has 1 aliphatic rings. The van der Waals surface area contributed by atoms with Gasteiger partial charge in [0.25, 0.3) is 0 Å². The fourth-order valence-electron chi connectivity index (χ4n) is 2.00. The SMILES string of the molecule is CCOc1cc(S(=O)(=O)NCc2noc(C3CC3)n2)ccc1Cl. The van der Waals surface area contributed by atoms with E-state index in [-0.39, 0.29) is 11.4 Å². The highest BCUT2D eigenvalue weighted by Crippen LogP contribution is 2.38. The summed E-state index contributed by atoms with van der Waals surface area (Å²) >= 11 is 5.96. The standard InChI is InChI=1S/C14H16ClN3O4S/c1-2-21-12-7-10(5-6-11(12)15)23(19,20)16-8-13-17-14(22-18-13)9-3-4-9/h5-7,9,16H,2-4,8H2,1H3. The van der Waals surface area contributed by atoms with E-state index in [1.807, 2.05) is 0 Å². The third-order valence-electron chi connectivity index (χ3n) is 3.34. The van der Waals surface area contributed by atoms with E-state index in [0.29, 0.717) is 35.0 Å². The lowest BCUT2D eigenvalue weighted by atomic mass is 10.3. The van der Waals surface area contributed by atoms with Crippen molar-refractivity contribution in [1.82, 2.24) is 14.9 Å². The van der Waals surface area contributed by atoms with Crippen molar-refractivity contribution in [2.75, 3.05) is 6.61 Å². The van der Waals surface area contributed by atoms with Crippen LogP contribution < -0.4 is 9.46 Å². The molecule has 23 heavy (non-hydrogen) atoms. The largest absolute Gasteiger partial charge is 0.492 e. The molecule has 124 valence electrons. The number of benzene rings is 1. The van der Waals surface area contributed by atoms with Gasteiger partial charge >= 0.3 is 0 Å². The normalized spacial score (nSPS) is 14.9. The van der Waals surface area contributed by atoms with E-state index in [4.69, 9.17) is 20.9 Å². The van der Waals surface area contributed by atoms with Crippen LogP contribution in [0.2, 0.25) is 5.02 Å². The van der Waals surface area contributed by atoms with E-state index >= 15 is 0 Å². The summed E-state index contributed by atoms with van der Waals surface area (Å²) in [6, 6.07) is 4.29. The zero-order valence-electron chi connectivity index (χ0n) is 12.5. The Labute approximate surface area is 139 Å². The van der Waals surface area contributed by atoms with E-state index in [1.54, 1.807) is 6.92 Å². The van der Waals surface area contributed by atoms with Crippen molar-refractivity contribution in [1.29, 1.82) is 0 Å². The molecule has 0 aliphatic heterocycles. The molecule has 1 heterocycles. The topological polar surface area (TPSA) is 94.3 Å². The summed E-state index contributed by atoms with van der Waals surface area (Å²) in [5.41, 5.74) is 0. The molecule has 0 amide bonds. The third-order valence-corrected chi connectivity index (χ3v) is 5.05. The van der Waals surface area contributed by atoms with E-state index in [2.05, 4.69) is 14.9 Å². The summed E-state index contributed by atoms with van der Waals surface area (Å²) < 4.78 is 37.5. The molecule has 1 N–H and O–H groups in total. The Hall–Kier alpha value is -1.64. The van der Waals surface area contributed by atoms with Gasteiger partial charge in [-0.3, -0.25) is 0 Å². The number of aromatic nitrogens is 2. The highest BCUT2D eigenvalue weighted by atomic mass is 35.5. The number of ether oxygens (including phenoxy) is 1. The average molecular weight is 358 g/mol. The summed E-state index contributed by atoms with van der Waals surface area (Å²) in [7, 11) is -3.72. The minimum atomic E-state index is -3.72. The Kier molecular flexibility index (Phi) is 4.56. The lowest BCUT2D eigenvalue weighted by molar-refractivity contribution is 0.339. The molecule has 3 rings (SSSR count). The van der Waals surface area contributed by atoms with Gasteiger partial charge in [0.15, 0.2) is 5.82 Å². The van der Waals surface area contributed by atoms with Gasteiger partial charge in [0.05, 0.1) is 23.1 Å². The second kappa shape index (κ2) is 6.46. The van der Waals surface area contributed by atoms with Crippen LogP contribution in [0.5, 0.6) is 5.75 Å². The van der Waals surface area contributed by atoms with E-state index < -0.39 is 10.0 Å². The first kappa shape index (κ1) is 16.2. The van der Waals surface area contributed by atoms with Crippen molar-refractivity contribution >= 4 is 21.6 Å². The van der Waals surface area contributed by atoms with Crippen molar-refractivity contribution in [3.05, 3.63) is 34.9 Å². The maximum atomic E-state index is 12.3. The number of hydrogen-bond donors (Lipinski definition) is 1. The van der Waals surface area contributed by atoms with Gasteiger partial charge in [-0.2, -0.15) is 4.98 Å². The van der Waals surface area contributed by atoms with Crippen molar-refractivity contribution < 1.29 is 17.7 Å². The van der Waals surface area contributed by atoms with Gasteiger partial charge in [-0.15, -0.1) is 0 Å². The molecule has 1 saturated carbocycles. The lowest BCUT2D eigenvalue weighted by Crippen LogP contribution is -2.23. The maximum Gasteiger partial charge on any atom is 0.241 e. The Bertz CT molecular complexity index is 802. The highest BCUT2D eigenvalue weighted by Gasteiger charge is 2.29. The first-order valence-corrected chi connectivity index (χ1v) is 9.10. The molecule has 0 spiro atoms. The smallest absolute Gasteiger partial charge is 0.241 e. The van der Waals surface area contributed by atoms with E-state index in [0.717, 1.165) is 12.8 Å². The second-order valence-corrected chi connectivity index (χ2v) is 7.35. The van der Waals surface area contributed by atoms with Crippen LogP contribution in [0.1, 0.15) is 37.4 Å². The second-order valence-electron chi connectivity index (χ2n) is 5.17. The summed E-state index contributed by atoms with van der Waals surface area (Å²) in [6.07, 6.45) is 2.08. The van der Waals surface area contributed by atoms with Gasteiger partial charge in [-0.1, -0.05) is 16.8 Å². The molecule has 1 fully saturated rings. The quantitative estimate of drug-likeness (QED) is 0.818. The minimum absolute atomic E-state index is 0.0366. The molecule has 1 aromatic carbocycles. The lowest BCUT2D eigenvalue weighted by Gasteiger charge is -2.09. The molecule has 0 saturated heterocycles. The van der Waals surface area contributed by atoms with Crippen molar-refractivity contribution in [3.63, 3.8) is 0 Å².